The Bertz CT molecular complexity index is 1680. The number of carbonyl (C=O) groups is 3. The van der Waals surface area contributed by atoms with E-state index in [1.165, 1.54) is 18.9 Å². The van der Waals surface area contributed by atoms with Crippen molar-refractivity contribution < 1.29 is 28.6 Å². The van der Waals surface area contributed by atoms with Gasteiger partial charge in [-0.1, -0.05) is 42.5 Å². The highest BCUT2D eigenvalue weighted by Crippen LogP contribution is 2.31. The maximum Gasteiger partial charge on any atom is 0.272 e. The van der Waals surface area contributed by atoms with E-state index in [0.29, 0.717) is 46.4 Å². The Labute approximate surface area is 267 Å². The third-order valence-electron chi connectivity index (χ3n) is 6.49. The van der Waals surface area contributed by atoms with Gasteiger partial charge in [-0.15, -0.1) is 11.8 Å². The lowest BCUT2D eigenvalue weighted by molar-refractivity contribution is -0.115. The smallest absolute Gasteiger partial charge is 0.272 e. The SMILES string of the molecule is CCOc1ccccc1/C=C(/NC(=O)c1ccccc1)C(=O)Nc1cccc(SC(C)C(=O)Nc2ccc(OC)cc2OC)c1. The van der Waals surface area contributed by atoms with E-state index in [0.717, 1.165) is 4.90 Å². The van der Waals surface area contributed by atoms with E-state index in [2.05, 4.69) is 16.0 Å². The molecule has 0 aliphatic heterocycles. The van der Waals surface area contributed by atoms with Gasteiger partial charge in [0.15, 0.2) is 0 Å². The van der Waals surface area contributed by atoms with E-state index in [9.17, 15) is 14.4 Å². The molecule has 4 aromatic rings. The summed E-state index contributed by atoms with van der Waals surface area (Å²) in [6.07, 6.45) is 1.58. The van der Waals surface area contributed by atoms with Crippen LogP contribution >= 0.6 is 11.8 Å². The molecule has 3 N–H and O–H groups in total. The molecule has 0 aliphatic rings. The Morgan fingerprint density at radius 3 is 2.31 bits per heavy atom. The summed E-state index contributed by atoms with van der Waals surface area (Å²) in [6.45, 7) is 4.10. The largest absolute Gasteiger partial charge is 0.497 e. The molecule has 0 heterocycles. The molecule has 4 rings (SSSR count). The molecule has 1 atom stereocenters. The number of ether oxygens (including phenoxy) is 3. The van der Waals surface area contributed by atoms with Crippen LogP contribution in [-0.2, 0) is 9.59 Å². The standard InChI is InChI=1S/C35H35N3O6S/c1-5-44-31-17-10-9-14-25(31)20-30(38-34(40)24-12-7-6-8-13-24)35(41)36-26-15-11-16-28(21-26)45-23(2)33(39)37-29-19-18-27(42-3)22-32(29)43-4/h6-23H,5H2,1-4H3,(H,36,41)(H,37,39)(H,38,40)/b30-20+. The van der Waals surface area contributed by atoms with Crippen LogP contribution in [0.3, 0.4) is 0 Å². The minimum atomic E-state index is -0.523. The van der Waals surface area contributed by atoms with Crippen LogP contribution in [-0.4, -0.2) is 43.8 Å². The Morgan fingerprint density at radius 2 is 1.58 bits per heavy atom. The lowest BCUT2D eigenvalue weighted by Gasteiger charge is -2.16. The molecule has 1 unspecified atom stereocenters. The van der Waals surface area contributed by atoms with Gasteiger partial charge in [-0.05, 0) is 68.5 Å². The third kappa shape index (κ3) is 9.14. The summed E-state index contributed by atoms with van der Waals surface area (Å²) >= 11 is 1.33. The predicted molar refractivity (Wildman–Crippen MR) is 178 cm³/mol. The first-order chi connectivity index (χ1) is 21.8. The molecule has 0 bridgehead atoms. The zero-order valence-corrected chi connectivity index (χ0v) is 26.3. The minimum Gasteiger partial charge on any atom is -0.497 e. The van der Waals surface area contributed by atoms with Crippen molar-refractivity contribution in [1.29, 1.82) is 0 Å². The summed E-state index contributed by atoms with van der Waals surface area (Å²) in [4.78, 5) is 40.4. The second-order valence-electron chi connectivity index (χ2n) is 9.65. The number of hydrogen-bond acceptors (Lipinski definition) is 7. The lowest BCUT2D eigenvalue weighted by atomic mass is 10.1. The van der Waals surface area contributed by atoms with Gasteiger partial charge in [0, 0.05) is 27.8 Å². The number of methoxy groups -OCH3 is 2. The van der Waals surface area contributed by atoms with E-state index in [1.54, 1.807) is 92.9 Å². The summed E-state index contributed by atoms with van der Waals surface area (Å²) in [5.74, 6) is 0.504. The van der Waals surface area contributed by atoms with Crippen LogP contribution in [0.2, 0.25) is 0 Å². The van der Waals surface area contributed by atoms with Crippen LogP contribution in [0.5, 0.6) is 17.2 Å². The molecule has 45 heavy (non-hydrogen) atoms. The highest BCUT2D eigenvalue weighted by molar-refractivity contribution is 8.00. The fraction of sp³-hybridized carbons (Fsp3) is 0.171. The summed E-state index contributed by atoms with van der Waals surface area (Å²) in [5, 5.41) is 8.05. The molecule has 9 nitrogen and oxygen atoms in total. The minimum absolute atomic E-state index is 0.0373. The quantitative estimate of drug-likeness (QED) is 0.113. The van der Waals surface area contributed by atoms with Crippen LogP contribution in [0.25, 0.3) is 6.08 Å². The van der Waals surface area contributed by atoms with E-state index in [-0.39, 0.29) is 11.6 Å². The van der Waals surface area contributed by atoms with Gasteiger partial charge in [0.2, 0.25) is 5.91 Å². The first kappa shape index (κ1) is 32.7. The number of anilines is 2. The lowest BCUT2D eigenvalue weighted by Crippen LogP contribution is -2.30. The number of carbonyl (C=O) groups excluding carboxylic acids is 3. The summed E-state index contributed by atoms with van der Waals surface area (Å²) in [7, 11) is 3.08. The second-order valence-corrected chi connectivity index (χ2v) is 11.1. The van der Waals surface area contributed by atoms with Crippen molar-refractivity contribution in [3.63, 3.8) is 0 Å². The predicted octanol–water partition coefficient (Wildman–Crippen LogP) is 6.63. The van der Waals surface area contributed by atoms with E-state index in [4.69, 9.17) is 14.2 Å². The van der Waals surface area contributed by atoms with Gasteiger partial charge < -0.3 is 30.2 Å². The fourth-order valence-corrected chi connectivity index (χ4v) is 5.15. The normalized spacial score (nSPS) is 11.6. The topological polar surface area (TPSA) is 115 Å². The highest BCUT2D eigenvalue weighted by atomic mass is 32.2. The van der Waals surface area contributed by atoms with Gasteiger partial charge in [0.25, 0.3) is 11.8 Å². The average molecular weight is 626 g/mol. The number of nitrogens with one attached hydrogen (secondary N) is 3. The zero-order valence-electron chi connectivity index (χ0n) is 25.5. The molecule has 0 aliphatic carbocycles. The second kappa shape index (κ2) is 16.0. The number of hydrogen-bond donors (Lipinski definition) is 3. The molecule has 0 aromatic heterocycles. The maximum absolute atomic E-state index is 13.6. The van der Waals surface area contributed by atoms with Crippen molar-refractivity contribution in [1.82, 2.24) is 5.32 Å². The van der Waals surface area contributed by atoms with Gasteiger partial charge in [-0.3, -0.25) is 14.4 Å². The van der Waals surface area contributed by atoms with Gasteiger partial charge in [0.05, 0.1) is 31.8 Å². The first-order valence-electron chi connectivity index (χ1n) is 14.2. The van der Waals surface area contributed by atoms with Crippen molar-refractivity contribution in [2.75, 3.05) is 31.5 Å². The van der Waals surface area contributed by atoms with Crippen molar-refractivity contribution in [2.45, 2.75) is 24.0 Å². The molecular weight excluding hydrogens is 590 g/mol. The van der Waals surface area contributed by atoms with E-state index >= 15 is 0 Å². The molecule has 0 fully saturated rings. The van der Waals surface area contributed by atoms with E-state index < -0.39 is 17.1 Å². The van der Waals surface area contributed by atoms with Crippen molar-refractivity contribution in [2.24, 2.45) is 0 Å². The van der Waals surface area contributed by atoms with Crippen molar-refractivity contribution in [3.8, 4) is 17.2 Å². The molecule has 0 saturated heterocycles. The van der Waals surface area contributed by atoms with Crippen molar-refractivity contribution >= 4 is 46.9 Å². The van der Waals surface area contributed by atoms with Crippen LogP contribution in [0, 0.1) is 0 Å². The van der Waals surface area contributed by atoms with Gasteiger partial charge >= 0.3 is 0 Å². The summed E-state index contributed by atoms with van der Waals surface area (Å²) < 4.78 is 16.3. The van der Waals surface area contributed by atoms with Crippen LogP contribution in [0.4, 0.5) is 11.4 Å². The van der Waals surface area contributed by atoms with E-state index in [1.807, 2.05) is 31.2 Å². The Balaban J connectivity index is 1.50. The summed E-state index contributed by atoms with van der Waals surface area (Å²) in [6, 6.07) is 28.2. The Morgan fingerprint density at radius 1 is 0.822 bits per heavy atom. The molecular formula is C35H35N3O6S. The van der Waals surface area contributed by atoms with Crippen molar-refractivity contribution in [3.05, 3.63) is 114 Å². The zero-order chi connectivity index (χ0) is 32.2. The molecule has 4 aromatic carbocycles. The molecule has 0 saturated carbocycles. The Hall–Kier alpha value is -5.22. The van der Waals surface area contributed by atoms with Crippen LogP contribution in [0.15, 0.2) is 108 Å². The number of amides is 3. The highest BCUT2D eigenvalue weighted by Gasteiger charge is 2.19. The number of para-hydroxylation sites is 1. The van der Waals surface area contributed by atoms with Gasteiger partial charge in [-0.25, -0.2) is 0 Å². The molecule has 3 amide bonds. The first-order valence-corrected chi connectivity index (χ1v) is 15.1. The monoisotopic (exact) mass is 625 g/mol. The Kier molecular flexibility index (Phi) is 11.6. The molecule has 0 radical (unpaired) electrons. The van der Waals surface area contributed by atoms with Crippen LogP contribution < -0.4 is 30.2 Å². The van der Waals surface area contributed by atoms with Gasteiger partial charge in [0.1, 0.15) is 22.9 Å². The maximum atomic E-state index is 13.6. The number of thioether (sulfide) groups is 1. The number of benzene rings is 4. The fourth-order valence-electron chi connectivity index (χ4n) is 4.22. The molecule has 232 valence electrons. The number of rotatable bonds is 13. The third-order valence-corrected chi connectivity index (χ3v) is 7.58. The molecule has 0 spiro atoms. The summed E-state index contributed by atoms with van der Waals surface area (Å²) in [5.41, 5.74) is 2.10. The molecule has 10 heteroatoms. The van der Waals surface area contributed by atoms with Crippen LogP contribution in [0.1, 0.15) is 29.8 Å². The van der Waals surface area contributed by atoms with Gasteiger partial charge in [-0.2, -0.15) is 0 Å². The average Bonchev–Trinajstić information content (AvgIpc) is 3.06.